The Morgan fingerprint density at radius 1 is 1.32 bits per heavy atom. The van der Waals surface area contributed by atoms with Gasteiger partial charge >= 0.3 is 5.97 Å². The molecule has 0 saturated carbocycles. The van der Waals surface area contributed by atoms with Crippen LogP contribution in [0.4, 0.5) is 0 Å². The van der Waals surface area contributed by atoms with E-state index in [1.54, 1.807) is 11.8 Å². The normalized spacial score (nSPS) is 25.1. The average Bonchev–Trinajstić information content (AvgIpc) is 2.39. The Morgan fingerprint density at radius 3 is 2.53 bits per heavy atom. The van der Waals surface area contributed by atoms with Crippen molar-refractivity contribution in [3.8, 4) is 0 Å². The number of hydrogen-bond acceptors (Lipinski definition) is 2. The Balaban J connectivity index is 2.84. The molecule has 1 N–H and O–H groups in total. The van der Waals surface area contributed by atoms with Crippen LogP contribution in [0.15, 0.2) is 0 Å². The van der Waals surface area contributed by atoms with Crippen molar-refractivity contribution in [3.05, 3.63) is 0 Å². The summed E-state index contributed by atoms with van der Waals surface area (Å²) in [6.45, 7) is 6.41. The van der Waals surface area contributed by atoms with Gasteiger partial charge in [-0.2, -0.15) is 0 Å². The van der Waals surface area contributed by atoms with Crippen LogP contribution < -0.4 is 0 Å². The minimum absolute atomic E-state index is 0.0169. The van der Waals surface area contributed by atoms with Gasteiger partial charge < -0.3 is 10.0 Å². The second kappa shape index (κ2) is 6.92. The summed E-state index contributed by atoms with van der Waals surface area (Å²) in [7, 11) is 0. The highest BCUT2D eigenvalue weighted by Crippen LogP contribution is 2.31. The van der Waals surface area contributed by atoms with Crippen molar-refractivity contribution in [2.24, 2.45) is 5.92 Å². The Bertz CT molecular complexity index is 329. The molecule has 0 aromatic heterocycles. The van der Waals surface area contributed by atoms with Gasteiger partial charge in [0.25, 0.3) is 0 Å². The lowest BCUT2D eigenvalue weighted by Crippen LogP contribution is -2.58. The van der Waals surface area contributed by atoms with Gasteiger partial charge in [0.2, 0.25) is 5.91 Å². The fraction of sp³-hybridized carbons (Fsp3) is 0.867. The fourth-order valence-electron chi connectivity index (χ4n) is 2.87. The first-order valence-electron chi connectivity index (χ1n) is 7.52. The molecule has 4 heteroatoms. The smallest absolute Gasteiger partial charge is 0.329 e. The highest BCUT2D eigenvalue weighted by Gasteiger charge is 2.44. The van der Waals surface area contributed by atoms with E-state index in [0.717, 1.165) is 38.5 Å². The molecular formula is C15H27NO3. The van der Waals surface area contributed by atoms with Crippen LogP contribution in [0.1, 0.15) is 65.7 Å². The molecule has 2 atom stereocenters. The number of piperidine rings is 1. The van der Waals surface area contributed by atoms with Gasteiger partial charge in [-0.15, -0.1) is 0 Å². The molecule has 0 radical (unpaired) electrons. The predicted octanol–water partition coefficient (Wildman–Crippen LogP) is 3.06. The first kappa shape index (κ1) is 16.0. The SMILES string of the molecule is CCCCC(CC)C(=O)N1CCCCC1(C)C(=O)O. The lowest BCUT2D eigenvalue weighted by molar-refractivity contribution is -0.163. The molecule has 19 heavy (non-hydrogen) atoms. The van der Waals surface area contributed by atoms with E-state index in [9.17, 15) is 14.7 Å². The summed E-state index contributed by atoms with van der Waals surface area (Å²) in [5.74, 6) is -0.844. The average molecular weight is 269 g/mol. The Kier molecular flexibility index (Phi) is 5.83. The molecule has 1 aliphatic heterocycles. The van der Waals surface area contributed by atoms with Crippen LogP contribution in [0.5, 0.6) is 0 Å². The summed E-state index contributed by atoms with van der Waals surface area (Å²) in [6, 6.07) is 0. The van der Waals surface area contributed by atoms with Crippen molar-refractivity contribution in [2.45, 2.75) is 71.3 Å². The molecule has 0 spiro atoms. The molecule has 1 amide bonds. The molecule has 0 bridgehead atoms. The summed E-state index contributed by atoms with van der Waals surface area (Å²) in [5.41, 5.74) is -1.00. The molecule has 4 nitrogen and oxygen atoms in total. The maximum Gasteiger partial charge on any atom is 0.329 e. The lowest BCUT2D eigenvalue weighted by Gasteiger charge is -2.43. The first-order valence-corrected chi connectivity index (χ1v) is 7.52. The molecule has 0 aromatic carbocycles. The van der Waals surface area contributed by atoms with E-state index < -0.39 is 11.5 Å². The summed E-state index contributed by atoms with van der Waals surface area (Å²) in [5, 5.41) is 9.45. The van der Waals surface area contributed by atoms with Crippen LogP contribution in [-0.2, 0) is 9.59 Å². The van der Waals surface area contributed by atoms with E-state index in [1.807, 2.05) is 6.92 Å². The third-order valence-corrected chi connectivity index (χ3v) is 4.37. The summed E-state index contributed by atoms with van der Waals surface area (Å²) >= 11 is 0. The number of carbonyl (C=O) groups is 2. The van der Waals surface area contributed by atoms with E-state index in [0.29, 0.717) is 13.0 Å². The van der Waals surface area contributed by atoms with E-state index in [1.165, 1.54) is 0 Å². The number of carboxylic acids is 1. The number of carboxylic acid groups (broad SMARTS) is 1. The molecule has 1 rings (SSSR count). The zero-order valence-electron chi connectivity index (χ0n) is 12.4. The van der Waals surface area contributed by atoms with Gasteiger partial charge in [-0.05, 0) is 39.0 Å². The number of nitrogens with zero attached hydrogens (tertiary/aromatic N) is 1. The van der Waals surface area contributed by atoms with Crippen LogP contribution in [0.2, 0.25) is 0 Å². The number of hydrogen-bond donors (Lipinski definition) is 1. The summed E-state index contributed by atoms with van der Waals surface area (Å²) < 4.78 is 0. The molecule has 2 unspecified atom stereocenters. The second-order valence-electron chi connectivity index (χ2n) is 5.77. The Labute approximate surface area is 116 Å². The number of unbranched alkanes of at least 4 members (excludes halogenated alkanes) is 1. The second-order valence-corrected chi connectivity index (χ2v) is 5.77. The number of likely N-dealkylation sites (tertiary alicyclic amines) is 1. The van der Waals surface area contributed by atoms with Crippen molar-refractivity contribution >= 4 is 11.9 Å². The number of amides is 1. The highest BCUT2D eigenvalue weighted by atomic mass is 16.4. The third-order valence-electron chi connectivity index (χ3n) is 4.37. The maximum atomic E-state index is 12.6. The lowest BCUT2D eigenvalue weighted by atomic mass is 9.86. The van der Waals surface area contributed by atoms with E-state index in [2.05, 4.69) is 6.92 Å². The van der Waals surface area contributed by atoms with Crippen molar-refractivity contribution < 1.29 is 14.7 Å². The summed E-state index contributed by atoms with van der Waals surface area (Å²) in [6.07, 6.45) is 6.14. The van der Waals surface area contributed by atoms with Gasteiger partial charge in [-0.1, -0.05) is 26.7 Å². The van der Waals surface area contributed by atoms with Crippen LogP contribution >= 0.6 is 0 Å². The van der Waals surface area contributed by atoms with Crippen LogP contribution in [0, 0.1) is 5.92 Å². The standard InChI is InChI=1S/C15H27NO3/c1-4-6-9-12(5-2)13(17)16-11-8-7-10-15(16,3)14(18)19/h12H,4-11H2,1-3H3,(H,18,19). The molecule has 110 valence electrons. The van der Waals surface area contributed by atoms with Crippen molar-refractivity contribution in [3.63, 3.8) is 0 Å². The predicted molar refractivity (Wildman–Crippen MR) is 74.9 cm³/mol. The van der Waals surface area contributed by atoms with Crippen LogP contribution in [-0.4, -0.2) is 34.0 Å². The molecule has 0 aromatic rings. The number of aliphatic carboxylic acids is 1. The minimum atomic E-state index is -1.00. The maximum absolute atomic E-state index is 12.6. The van der Waals surface area contributed by atoms with Gasteiger partial charge in [0.1, 0.15) is 5.54 Å². The van der Waals surface area contributed by atoms with Gasteiger partial charge in [-0.3, -0.25) is 4.79 Å². The monoisotopic (exact) mass is 269 g/mol. The number of rotatable bonds is 6. The van der Waals surface area contributed by atoms with Crippen molar-refractivity contribution in [1.29, 1.82) is 0 Å². The highest BCUT2D eigenvalue weighted by molar-refractivity contribution is 5.88. The Hall–Kier alpha value is -1.06. The molecule has 0 aliphatic carbocycles. The first-order chi connectivity index (χ1) is 8.97. The van der Waals surface area contributed by atoms with E-state index in [4.69, 9.17) is 0 Å². The Morgan fingerprint density at radius 2 is 2.00 bits per heavy atom. The topological polar surface area (TPSA) is 57.6 Å². The van der Waals surface area contributed by atoms with E-state index in [-0.39, 0.29) is 11.8 Å². The molecule has 1 fully saturated rings. The zero-order chi connectivity index (χ0) is 14.5. The molecule has 1 heterocycles. The molecule has 1 saturated heterocycles. The quantitative estimate of drug-likeness (QED) is 0.806. The molecule has 1 aliphatic rings. The minimum Gasteiger partial charge on any atom is -0.480 e. The van der Waals surface area contributed by atoms with Crippen LogP contribution in [0.3, 0.4) is 0 Å². The summed E-state index contributed by atoms with van der Waals surface area (Å²) in [4.78, 5) is 25.8. The zero-order valence-corrected chi connectivity index (χ0v) is 12.4. The van der Waals surface area contributed by atoms with Gasteiger partial charge in [-0.25, -0.2) is 4.79 Å². The molecular weight excluding hydrogens is 242 g/mol. The van der Waals surface area contributed by atoms with Gasteiger partial charge in [0, 0.05) is 12.5 Å². The van der Waals surface area contributed by atoms with Crippen molar-refractivity contribution in [1.82, 2.24) is 4.90 Å². The fourth-order valence-corrected chi connectivity index (χ4v) is 2.87. The van der Waals surface area contributed by atoms with Gasteiger partial charge in [0.15, 0.2) is 0 Å². The van der Waals surface area contributed by atoms with Crippen molar-refractivity contribution in [2.75, 3.05) is 6.54 Å². The van der Waals surface area contributed by atoms with Crippen LogP contribution in [0.25, 0.3) is 0 Å². The van der Waals surface area contributed by atoms with E-state index >= 15 is 0 Å². The largest absolute Gasteiger partial charge is 0.480 e. The number of carbonyl (C=O) groups excluding carboxylic acids is 1. The van der Waals surface area contributed by atoms with Gasteiger partial charge in [0.05, 0.1) is 0 Å². The third kappa shape index (κ3) is 3.48.